The average Bonchev–Trinajstić information content (AvgIpc) is 3.77. The third-order valence-corrected chi connectivity index (χ3v) is 10.4. The van der Waals surface area contributed by atoms with Gasteiger partial charge in [0.2, 0.25) is 5.91 Å². The van der Waals surface area contributed by atoms with Gasteiger partial charge >= 0.3 is 0 Å². The Balaban J connectivity index is 1.23. The van der Waals surface area contributed by atoms with Crippen LogP contribution in [0.1, 0.15) is 47.2 Å². The van der Waals surface area contributed by atoms with Gasteiger partial charge in [0.15, 0.2) is 0 Å². The first-order chi connectivity index (χ1) is 21.7. The number of hydrogen-bond acceptors (Lipinski definition) is 7. The van der Waals surface area contributed by atoms with E-state index < -0.39 is 5.41 Å². The Hall–Kier alpha value is -3.99. The fourth-order valence-electron chi connectivity index (χ4n) is 6.88. The molecule has 2 saturated heterocycles. The molecule has 4 aromatic rings. The number of aromatic nitrogens is 4. The summed E-state index contributed by atoms with van der Waals surface area (Å²) in [7, 11) is 1.55. The predicted octanol–water partition coefficient (Wildman–Crippen LogP) is 4.67. The van der Waals surface area contributed by atoms with E-state index in [2.05, 4.69) is 20.4 Å². The van der Waals surface area contributed by atoms with Gasteiger partial charge in [-0.05, 0) is 97.2 Å². The van der Waals surface area contributed by atoms with Crippen molar-refractivity contribution in [2.75, 3.05) is 39.8 Å². The van der Waals surface area contributed by atoms with E-state index in [1.807, 2.05) is 53.4 Å². The topological polar surface area (TPSA) is 119 Å². The Morgan fingerprint density at radius 1 is 0.933 bits per heavy atom. The zero-order valence-electron chi connectivity index (χ0n) is 25.0. The molecule has 1 atom stereocenters. The molecule has 2 aliphatic heterocycles. The summed E-state index contributed by atoms with van der Waals surface area (Å²) < 4.78 is 7.08. The van der Waals surface area contributed by atoms with Crippen molar-refractivity contribution in [3.05, 3.63) is 99.8 Å². The van der Waals surface area contributed by atoms with Gasteiger partial charge in [0.1, 0.15) is 12.1 Å². The highest BCUT2D eigenvalue weighted by Gasteiger charge is 2.44. The highest BCUT2D eigenvalue weighted by molar-refractivity contribution is 6.42. The van der Waals surface area contributed by atoms with E-state index in [0.717, 1.165) is 43.6 Å². The molecule has 0 spiro atoms. The molecule has 3 heterocycles. The monoisotopic (exact) mass is 647 g/mol. The van der Waals surface area contributed by atoms with E-state index in [1.54, 1.807) is 25.3 Å². The molecule has 2 aliphatic rings. The number of likely N-dealkylation sites (tertiary alicyclic amines) is 2. The summed E-state index contributed by atoms with van der Waals surface area (Å²) in [5.41, 5.74) is 8.11. The van der Waals surface area contributed by atoms with Crippen LogP contribution in [-0.4, -0.2) is 81.7 Å². The number of piperidine rings is 1. The lowest BCUT2D eigenvalue weighted by atomic mass is 9.71. The number of carbonyl (C=O) groups is 2. The van der Waals surface area contributed by atoms with Gasteiger partial charge in [-0.2, -0.15) is 0 Å². The third-order valence-electron chi connectivity index (χ3n) is 9.61. The molecule has 1 aromatic heterocycles. The number of halogens is 2. The molecule has 3 aromatic carbocycles. The first-order valence-corrected chi connectivity index (χ1v) is 15.7. The molecule has 2 amide bonds. The minimum atomic E-state index is -0.661. The number of rotatable bonds is 9. The van der Waals surface area contributed by atoms with E-state index in [-0.39, 0.29) is 17.2 Å². The quantitative estimate of drug-likeness (QED) is 0.280. The number of tetrazole rings is 1. The lowest BCUT2D eigenvalue weighted by Crippen LogP contribution is -2.50. The number of nitrogens with two attached hydrogens (primary N) is 1. The van der Waals surface area contributed by atoms with E-state index in [1.165, 1.54) is 11.0 Å². The van der Waals surface area contributed by atoms with Crippen LogP contribution in [0.3, 0.4) is 0 Å². The van der Waals surface area contributed by atoms with E-state index >= 15 is 0 Å². The summed E-state index contributed by atoms with van der Waals surface area (Å²) in [5.74, 6) is 0.0782. The van der Waals surface area contributed by atoms with Gasteiger partial charge in [-0.1, -0.05) is 59.6 Å². The highest BCUT2D eigenvalue weighted by atomic mass is 35.5. The fraction of sp³-hybridized carbons (Fsp3) is 0.364. The summed E-state index contributed by atoms with van der Waals surface area (Å²) >= 11 is 12.8. The Labute approximate surface area is 272 Å². The lowest BCUT2D eigenvalue weighted by Gasteiger charge is -2.41. The van der Waals surface area contributed by atoms with Crippen molar-refractivity contribution in [1.82, 2.24) is 30.0 Å². The molecule has 0 saturated carbocycles. The van der Waals surface area contributed by atoms with Crippen LogP contribution in [0.15, 0.2) is 73.1 Å². The van der Waals surface area contributed by atoms with Gasteiger partial charge in [0.05, 0.1) is 33.8 Å². The van der Waals surface area contributed by atoms with E-state index in [0.29, 0.717) is 53.0 Å². The van der Waals surface area contributed by atoms with Gasteiger partial charge in [0.25, 0.3) is 5.91 Å². The normalized spacial score (nSPS) is 19.8. The Bertz CT molecular complexity index is 1680. The minimum Gasteiger partial charge on any atom is -0.496 e. The van der Waals surface area contributed by atoms with Crippen LogP contribution < -0.4 is 10.5 Å². The van der Waals surface area contributed by atoms with Gasteiger partial charge in [-0.25, -0.2) is 4.68 Å². The number of benzene rings is 3. The number of carbonyl (C=O) groups excluding carboxylic acids is 2. The van der Waals surface area contributed by atoms with Crippen LogP contribution in [0, 0.1) is 0 Å². The highest BCUT2D eigenvalue weighted by Crippen LogP contribution is 2.42. The number of nitrogens with zero attached hydrogens (tertiary/aromatic N) is 6. The summed E-state index contributed by atoms with van der Waals surface area (Å²) in [5, 5.41) is 12.4. The van der Waals surface area contributed by atoms with Crippen molar-refractivity contribution in [1.29, 1.82) is 0 Å². The molecule has 0 radical (unpaired) electrons. The van der Waals surface area contributed by atoms with Crippen molar-refractivity contribution in [3.63, 3.8) is 0 Å². The molecular formula is C33H35Cl2N7O3. The largest absolute Gasteiger partial charge is 0.496 e. The van der Waals surface area contributed by atoms with Gasteiger partial charge in [0, 0.05) is 18.5 Å². The van der Waals surface area contributed by atoms with Crippen LogP contribution in [0.4, 0.5) is 0 Å². The van der Waals surface area contributed by atoms with Crippen LogP contribution >= 0.6 is 23.2 Å². The maximum absolute atomic E-state index is 14.0. The smallest absolute Gasteiger partial charge is 0.257 e. The first kappa shape index (κ1) is 31.0. The second-order valence-electron chi connectivity index (χ2n) is 11.9. The van der Waals surface area contributed by atoms with Crippen molar-refractivity contribution in [2.45, 2.75) is 36.5 Å². The van der Waals surface area contributed by atoms with Crippen molar-refractivity contribution < 1.29 is 14.3 Å². The Kier molecular flexibility index (Phi) is 8.81. The van der Waals surface area contributed by atoms with Crippen LogP contribution in [0.2, 0.25) is 10.0 Å². The molecule has 6 rings (SSSR count). The van der Waals surface area contributed by atoms with Crippen LogP contribution in [0.5, 0.6) is 5.75 Å². The maximum atomic E-state index is 14.0. The Morgan fingerprint density at radius 3 is 2.38 bits per heavy atom. The average molecular weight is 649 g/mol. The van der Waals surface area contributed by atoms with Gasteiger partial charge in [-0.3, -0.25) is 9.59 Å². The molecule has 2 fully saturated rings. The maximum Gasteiger partial charge on any atom is 0.257 e. The SMILES string of the molecule is COc1ccc(-n2cnnn2)cc1C(=O)N1CCC(CCN2CCC(C(N)=O)(c3ccccc3)CC2)(c2ccc(Cl)c(Cl)c2)C1. The molecule has 1 unspecified atom stereocenters. The first-order valence-electron chi connectivity index (χ1n) is 15.0. The molecule has 10 nitrogen and oxygen atoms in total. The van der Waals surface area contributed by atoms with Crippen molar-refractivity contribution in [2.24, 2.45) is 5.73 Å². The molecule has 0 aliphatic carbocycles. The minimum absolute atomic E-state index is 0.129. The second-order valence-corrected chi connectivity index (χ2v) is 12.7. The van der Waals surface area contributed by atoms with Gasteiger partial charge < -0.3 is 20.3 Å². The van der Waals surface area contributed by atoms with Crippen LogP contribution in [-0.2, 0) is 15.6 Å². The van der Waals surface area contributed by atoms with Gasteiger partial charge in [-0.15, -0.1) is 5.10 Å². The fourth-order valence-corrected chi connectivity index (χ4v) is 7.17. The van der Waals surface area contributed by atoms with E-state index in [4.69, 9.17) is 33.7 Å². The molecule has 12 heteroatoms. The molecule has 0 bridgehead atoms. The summed E-state index contributed by atoms with van der Waals surface area (Å²) in [6, 6.07) is 20.9. The van der Waals surface area contributed by atoms with E-state index in [9.17, 15) is 9.59 Å². The number of primary amides is 1. The predicted molar refractivity (Wildman–Crippen MR) is 172 cm³/mol. The Morgan fingerprint density at radius 2 is 1.71 bits per heavy atom. The lowest BCUT2D eigenvalue weighted by molar-refractivity contribution is -0.125. The van der Waals surface area contributed by atoms with Crippen molar-refractivity contribution in [3.8, 4) is 11.4 Å². The summed E-state index contributed by atoms with van der Waals surface area (Å²) in [6.07, 6.45) is 4.36. The summed E-state index contributed by atoms with van der Waals surface area (Å²) in [4.78, 5) is 31.0. The molecular weight excluding hydrogens is 613 g/mol. The third kappa shape index (κ3) is 6.02. The second kappa shape index (κ2) is 12.8. The molecule has 45 heavy (non-hydrogen) atoms. The zero-order valence-corrected chi connectivity index (χ0v) is 26.5. The molecule has 234 valence electrons. The summed E-state index contributed by atoms with van der Waals surface area (Å²) in [6.45, 7) is 3.36. The number of ether oxygens (including phenoxy) is 1. The molecule has 2 N–H and O–H groups in total. The zero-order chi connectivity index (χ0) is 31.6. The number of amides is 2. The standard InChI is InChI=1S/C33H35Cl2N7O3/c1-45-29-10-8-25(42-22-37-38-39-42)20-26(29)30(43)41-18-12-32(21-41,24-7-9-27(34)28(35)19-24)11-15-40-16-13-33(14-17-40,31(36)44)23-5-3-2-4-6-23/h2-10,19-20,22H,11-18,21H2,1H3,(H2,36,44). The number of methoxy groups -OCH3 is 1. The van der Waals surface area contributed by atoms with Crippen molar-refractivity contribution >= 4 is 35.0 Å². The number of hydrogen-bond donors (Lipinski definition) is 1. The van der Waals surface area contributed by atoms with Crippen LogP contribution in [0.25, 0.3) is 5.69 Å².